The number of nitrogens with one attached hydrogen (secondary N) is 1. The molecule has 26 heavy (non-hydrogen) atoms. The molecule has 2 N–H and O–H groups in total. The lowest BCUT2D eigenvalue weighted by Gasteiger charge is -2.43. The van der Waals surface area contributed by atoms with Crippen LogP contribution in [-0.2, 0) is 16.0 Å². The van der Waals surface area contributed by atoms with Gasteiger partial charge in [-0.2, -0.15) is 0 Å². The highest BCUT2D eigenvalue weighted by Gasteiger charge is 2.36. The van der Waals surface area contributed by atoms with Crippen LogP contribution in [-0.4, -0.2) is 55.4 Å². The summed E-state index contributed by atoms with van der Waals surface area (Å²) in [6, 6.07) is 8.84. The summed E-state index contributed by atoms with van der Waals surface area (Å²) in [7, 11) is 1.56. The molecular formula is C21H32N2O3. The van der Waals surface area contributed by atoms with Gasteiger partial charge < -0.3 is 20.1 Å². The number of carbonyl (C=O) groups is 1. The maximum atomic E-state index is 13.0. The molecule has 0 spiro atoms. The lowest BCUT2D eigenvalue weighted by molar-refractivity contribution is -0.135. The van der Waals surface area contributed by atoms with Crippen molar-refractivity contribution in [2.75, 3.05) is 33.4 Å². The summed E-state index contributed by atoms with van der Waals surface area (Å²) in [5, 5.41) is 12.8. The van der Waals surface area contributed by atoms with Crippen molar-refractivity contribution < 1.29 is 14.6 Å². The molecule has 0 radical (unpaired) electrons. The third-order valence-electron chi connectivity index (χ3n) is 5.76. The molecule has 5 nitrogen and oxygen atoms in total. The summed E-state index contributed by atoms with van der Waals surface area (Å²) in [6.07, 6.45) is 6.63. The highest BCUT2D eigenvalue weighted by molar-refractivity contribution is 5.79. The molecule has 1 fully saturated rings. The van der Waals surface area contributed by atoms with Crippen molar-refractivity contribution in [2.45, 2.75) is 50.7 Å². The van der Waals surface area contributed by atoms with E-state index in [1.54, 1.807) is 7.11 Å². The van der Waals surface area contributed by atoms with Crippen LogP contribution in [0.25, 0.3) is 0 Å². The van der Waals surface area contributed by atoms with E-state index in [0.717, 1.165) is 13.0 Å². The average molecular weight is 360 g/mol. The van der Waals surface area contributed by atoms with Crippen LogP contribution >= 0.6 is 0 Å². The van der Waals surface area contributed by atoms with Gasteiger partial charge >= 0.3 is 0 Å². The summed E-state index contributed by atoms with van der Waals surface area (Å²) in [5.74, 6) is 0.702. The molecule has 1 heterocycles. The summed E-state index contributed by atoms with van der Waals surface area (Å²) in [4.78, 5) is 15.0. The molecule has 2 atom stereocenters. The van der Waals surface area contributed by atoms with Gasteiger partial charge in [0.05, 0.1) is 25.3 Å². The molecule has 0 bridgehead atoms. The second kappa shape index (κ2) is 9.49. The molecule has 5 heteroatoms. The molecule has 0 aromatic heterocycles. The number of ether oxygens (including phenoxy) is 1. The van der Waals surface area contributed by atoms with E-state index in [2.05, 4.69) is 34.5 Å². The van der Waals surface area contributed by atoms with Crippen molar-refractivity contribution in [1.29, 1.82) is 0 Å². The summed E-state index contributed by atoms with van der Waals surface area (Å²) >= 11 is 0. The van der Waals surface area contributed by atoms with Crippen LogP contribution in [0.15, 0.2) is 24.3 Å². The molecule has 144 valence electrons. The Kier molecular flexibility index (Phi) is 7.06. The number of amides is 1. The Balaban J connectivity index is 1.69. The zero-order valence-corrected chi connectivity index (χ0v) is 15.8. The first-order chi connectivity index (χ1) is 12.7. The molecule has 1 amide bonds. The lowest BCUT2D eigenvalue weighted by atomic mass is 9.77. The minimum absolute atomic E-state index is 0.139. The van der Waals surface area contributed by atoms with E-state index in [1.807, 2.05) is 0 Å². The molecule has 2 aliphatic rings. The topological polar surface area (TPSA) is 61.8 Å². The maximum absolute atomic E-state index is 13.0. The number of fused-ring (bicyclic) bond motifs is 1. The fourth-order valence-corrected chi connectivity index (χ4v) is 4.54. The fraction of sp³-hybridized carbons (Fsp3) is 0.667. The van der Waals surface area contributed by atoms with E-state index in [4.69, 9.17) is 4.74 Å². The van der Waals surface area contributed by atoms with Crippen molar-refractivity contribution in [3.8, 4) is 0 Å². The molecule has 1 saturated carbocycles. The SMILES string of the molecule is COC[C@@H](O)CNCC(=O)N1CCc2ccccc2C1C1CCCCC1. The number of hydrogen-bond donors (Lipinski definition) is 2. The number of aliphatic hydroxyl groups is 1. The number of methoxy groups -OCH3 is 1. The van der Waals surface area contributed by atoms with Crippen LogP contribution in [0.5, 0.6) is 0 Å². The minimum atomic E-state index is -0.580. The zero-order valence-electron chi connectivity index (χ0n) is 15.8. The first-order valence-corrected chi connectivity index (χ1v) is 9.95. The molecule has 1 aliphatic carbocycles. The molecule has 0 saturated heterocycles. The number of nitrogens with zero attached hydrogens (tertiary/aromatic N) is 1. The second-order valence-corrected chi connectivity index (χ2v) is 7.62. The van der Waals surface area contributed by atoms with Gasteiger partial charge in [-0.1, -0.05) is 43.5 Å². The van der Waals surface area contributed by atoms with Crippen LogP contribution in [0.2, 0.25) is 0 Å². The van der Waals surface area contributed by atoms with Crippen LogP contribution in [0.1, 0.15) is 49.3 Å². The van der Waals surface area contributed by atoms with Gasteiger partial charge in [0.25, 0.3) is 0 Å². The van der Waals surface area contributed by atoms with Crippen LogP contribution in [0.4, 0.5) is 0 Å². The highest BCUT2D eigenvalue weighted by atomic mass is 16.5. The first-order valence-electron chi connectivity index (χ1n) is 9.95. The normalized spacial score (nSPS) is 22.1. The Hall–Kier alpha value is -1.43. The maximum Gasteiger partial charge on any atom is 0.237 e. The summed E-state index contributed by atoms with van der Waals surface area (Å²) in [5.41, 5.74) is 2.74. The Morgan fingerprint density at radius 1 is 1.31 bits per heavy atom. The van der Waals surface area contributed by atoms with Crippen LogP contribution in [0.3, 0.4) is 0 Å². The summed E-state index contributed by atoms with van der Waals surface area (Å²) < 4.78 is 4.93. The van der Waals surface area contributed by atoms with E-state index >= 15 is 0 Å². The van der Waals surface area contributed by atoms with Gasteiger partial charge in [-0.25, -0.2) is 0 Å². The quantitative estimate of drug-likeness (QED) is 0.783. The van der Waals surface area contributed by atoms with E-state index < -0.39 is 6.10 Å². The van der Waals surface area contributed by atoms with Crippen molar-refractivity contribution in [3.63, 3.8) is 0 Å². The summed E-state index contributed by atoms with van der Waals surface area (Å²) in [6.45, 7) is 1.71. The first kappa shape index (κ1) is 19.3. The van der Waals surface area contributed by atoms with Crippen molar-refractivity contribution in [2.24, 2.45) is 5.92 Å². The Labute approximate surface area is 156 Å². The predicted molar refractivity (Wildman–Crippen MR) is 102 cm³/mol. The van der Waals surface area contributed by atoms with Gasteiger partial charge in [0.15, 0.2) is 0 Å². The molecular weight excluding hydrogens is 328 g/mol. The molecule has 1 unspecified atom stereocenters. The zero-order chi connectivity index (χ0) is 18.4. The lowest BCUT2D eigenvalue weighted by Crippen LogP contribution is -2.47. The molecule has 1 aromatic rings. The highest BCUT2D eigenvalue weighted by Crippen LogP contribution is 2.41. The van der Waals surface area contributed by atoms with Gasteiger partial charge in [-0.3, -0.25) is 4.79 Å². The van der Waals surface area contributed by atoms with Crippen molar-refractivity contribution >= 4 is 5.91 Å². The average Bonchev–Trinajstić information content (AvgIpc) is 2.68. The number of benzene rings is 1. The molecule has 1 aromatic carbocycles. The Morgan fingerprint density at radius 2 is 2.08 bits per heavy atom. The van der Waals surface area contributed by atoms with E-state index in [1.165, 1.54) is 43.2 Å². The van der Waals surface area contributed by atoms with Crippen LogP contribution < -0.4 is 5.32 Å². The third kappa shape index (κ3) is 4.64. The number of aliphatic hydroxyl groups excluding tert-OH is 1. The predicted octanol–water partition coefficient (Wildman–Crippen LogP) is 2.29. The van der Waals surface area contributed by atoms with Crippen molar-refractivity contribution in [1.82, 2.24) is 10.2 Å². The molecule has 1 aliphatic heterocycles. The number of carbonyl (C=O) groups excluding carboxylic acids is 1. The largest absolute Gasteiger partial charge is 0.389 e. The third-order valence-corrected chi connectivity index (χ3v) is 5.76. The monoisotopic (exact) mass is 360 g/mol. The van der Waals surface area contributed by atoms with Gasteiger partial charge in [0.2, 0.25) is 5.91 Å². The minimum Gasteiger partial charge on any atom is -0.389 e. The number of rotatable bonds is 7. The second-order valence-electron chi connectivity index (χ2n) is 7.62. The van der Waals surface area contributed by atoms with E-state index in [-0.39, 0.29) is 25.1 Å². The number of hydrogen-bond acceptors (Lipinski definition) is 4. The smallest absolute Gasteiger partial charge is 0.237 e. The van der Waals surface area contributed by atoms with Crippen LogP contribution in [0, 0.1) is 5.92 Å². The van der Waals surface area contributed by atoms with Gasteiger partial charge in [0.1, 0.15) is 0 Å². The van der Waals surface area contributed by atoms with E-state index in [0.29, 0.717) is 12.5 Å². The van der Waals surface area contributed by atoms with E-state index in [9.17, 15) is 9.90 Å². The Morgan fingerprint density at radius 3 is 2.85 bits per heavy atom. The van der Waals surface area contributed by atoms with Gasteiger partial charge in [-0.15, -0.1) is 0 Å². The van der Waals surface area contributed by atoms with Gasteiger partial charge in [-0.05, 0) is 36.3 Å². The molecule has 3 rings (SSSR count). The van der Waals surface area contributed by atoms with Gasteiger partial charge in [0, 0.05) is 20.2 Å². The Bertz CT molecular complexity index is 586. The standard InChI is InChI=1S/C21H32N2O3/c1-26-15-18(24)13-22-14-20(25)23-12-11-16-7-5-6-10-19(16)21(23)17-8-3-2-4-9-17/h5-7,10,17-18,21-22,24H,2-4,8-9,11-15H2,1H3/t18-,21?/m0/s1. The van der Waals surface area contributed by atoms with Crippen molar-refractivity contribution in [3.05, 3.63) is 35.4 Å². The fourth-order valence-electron chi connectivity index (χ4n) is 4.54.